The Morgan fingerprint density at radius 3 is 2.12 bits per heavy atom. The number of hydrogen-bond donors (Lipinski definition) is 6. The fourth-order valence-electron chi connectivity index (χ4n) is 3.85. The van der Waals surface area contributed by atoms with Crippen LogP contribution in [0.1, 0.15) is 38.5 Å². The summed E-state index contributed by atoms with van der Waals surface area (Å²) in [4.78, 5) is 0. The fraction of sp³-hybridized carbons (Fsp3) is 1.00. The molecule has 0 radical (unpaired) electrons. The van der Waals surface area contributed by atoms with Crippen molar-refractivity contribution in [3.05, 3.63) is 0 Å². The van der Waals surface area contributed by atoms with E-state index < -0.39 is 0 Å². The van der Waals surface area contributed by atoms with E-state index in [1.807, 2.05) is 7.05 Å². The molecule has 1 saturated carbocycles. The highest BCUT2D eigenvalue weighted by atomic mass is 15.1. The Kier molecular flexibility index (Phi) is 10.9. The lowest BCUT2D eigenvalue weighted by Crippen LogP contribution is -2.53. The molecule has 6 heteroatoms. The van der Waals surface area contributed by atoms with Gasteiger partial charge in [0.15, 0.2) is 0 Å². The van der Waals surface area contributed by atoms with Crippen molar-refractivity contribution in [2.75, 3.05) is 59.4 Å². The molecule has 0 unspecified atom stereocenters. The normalized spacial score (nSPS) is 31.6. The lowest BCUT2D eigenvalue weighted by molar-refractivity contribution is 0.273. The first-order chi connectivity index (χ1) is 11.9. The van der Waals surface area contributed by atoms with E-state index in [4.69, 9.17) is 0 Å². The molecule has 3 atom stereocenters. The van der Waals surface area contributed by atoms with Crippen LogP contribution in [0.3, 0.4) is 0 Å². The van der Waals surface area contributed by atoms with Gasteiger partial charge in [-0.05, 0) is 39.3 Å². The Labute approximate surface area is 148 Å². The zero-order valence-electron chi connectivity index (χ0n) is 15.6. The van der Waals surface area contributed by atoms with E-state index in [2.05, 4.69) is 31.9 Å². The average Bonchev–Trinajstić information content (AvgIpc) is 2.61. The molecule has 0 spiro atoms. The van der Waals surface area contributed by atoms with E-state index in [1.54, 1.807) is 0 Å². The van der Waals surface area contributed by atoms with E-state index >= 15 is 0 Å². The molecule has 2 rings (SSSR count). The Bertz CT molecular complexity index is 301. The van der Waals surface area contributed by atoms with Crippen molar-refractivity contribution in [2.45, 2.75) is 56.7 Å². The van der Waals surface area contributed by atoms with Crippen molar-refractivity contribution in [1.82, 2.24) is 31.9 Å². The number of fused-ring (bicyclic) bond motifs is 1. The molecular weight excluding hydrogens is 300 g/mol. The minimum Gasteiger partial charge on any atom is -0.320 e. The van der Waals surface area contributed by atoms with Crippen LogP contribution in [0.2, 0.25) is 0 Å². The summed E-state index contributed by atoms with van der Waals surface area (Å²) in [6, 6.07) is 1.85. The van der Waals surface area contributed by atoms with Crippen LogP contribution in [0.5, 0.6) is 0 Å². The molecule has 2 aliphatic rings. The summed E-state index contributed by atoms with van der Waals surface area (Å²) in [7, 11) is 2.04. The summed E-state index contributed by atoms with van der Waals surface area (Å²) in [6.07, 6.45) is 7.85. The number of nitrogens with one attached hydrogen (secondary N) is 6. The predicted molar refractivity (Wildman–Crippen MR) is 103 cm³/mol. The third-order valence-electron chi connectivity index (χ3n) is 5.29. The predicted octanol–water partition coefficient (Wildman–Crippen LogP) is -0.373. The molecule has 1 saturated heterocycles. The lowest BCUT2D eigenvalue weighted by atomic mass is 9.90. The Hall–Kier alpha value is -0.240. The van der Waals surface area contributed by atoms with Crippen LogP contribution in [-0.4, -0.2) is 77.5 Å². The van der Waals surface area contributed by atoms with Crippen LogP contribution < -0.4 is 31.9 Å². The average molecular weight is 341 g/mol. The van der Waals surface area contributed by atoms with E-state index in [1.165, 1.54) is 38.5 Å². The van der Waals surface area contributed by atoms with E-state index in [0.717, 1.165) is 52.4 Å². The van der Waals surface area contributed by atoms with Crippen LogP contribution in [0, 0.1) is 0 Å². The monoisotopic (exact) mass is 340 g/mol. The zero-order chi connectivity index (χ0) is 16.9. The second-order valence-electron chi connectivity index (χ2n) is 7.26. The summed E-state index contributed by atoms with van der Waals surface area (Å²) >= 11 is 0. The first-order valence-corrected chi connectivity index (χ1v) is 10.2. The molecule has 1 aliphatic carbocycles. The Balaban J connectivity index is 1.84. The van der Waals surface area contributed by atoms with Crippen molar-refractivity contribution < 1.29 is 0 Å². The molecule has 0 aromatic rings. The van der Waals surface area contributed by atoms with E-state index in [-0.39, 0.29) is 0 Å². The van der Waals surface area contributed by atoms with Crippen molar-refractivity contribution >= 4 is 0 Å². The smallest absolute Gasteiger partial charge is 0.0221 e. The first kappa shape index (κ1) is 20.1. The van der Waals surface area contributed by atoms with E-state index in [9.17, 15) is 0 Å². The molecule has 0 amide bonds. The highest BCUT2D eigenvalue weighted by molar-refractivity contribution is 4.88. The number of hydrogen-bond acceptors (Lipinski definition) is 6. The second kappa shape index (κ2) is 13.0. The molecule has 6 N–H and O–H groups in total. The quantitative estimate of drug-likeness (QED) is 0.392. The van der Waals surface area contributed by atoms with E-state index in [0.29, 0.717) is 18.1 Å². The van der Waals surface area contributed by atoms with Crippen molar-refractivity contribution in [1.29, 1.82) is 0 Å². The van der Waals surface area contributed by atoms with Crippen molar-refractivity contribution in [3.63, 3.8) is 0 Å². The fourth-order valence-corrected chi connectivity index (χ4v) is 3.85. The summed E-state index contributed by atoms with van der Waals surface area (Å²) in [6.45, 7) is 8.55. The maximum absolute atomic E-state index is 3.88. The van der Waals surface area contributed by atoms with Gasteiger partial charge >= 0.3 is 0 Å². The third kappa shape index (κ3) is 8.23. The third-order valence-corrected chi connectivity index (χ3v) is 5.29. The second-order valence-corrected chi connectivity index (χ2v) is 7.26. The molecule has 1 aliphatic heterocycles. The lowest BCUT2D eigenvalue weighted by Gasteiger charge is -2.34. The van der Waals surface area contributed by atoms with Gasteiger partial charge in [0.1, 0.15) is 0 Å². The minimum absolute atomic E-state index is 0.575. The van der Waals surface area contributed by atoms with Gasteiger partial charge in [-0.2, -0.15) is 0 Å². The maximum Gasteiger partial charge on any atom is 0.0221 e. The van der Waals surface area contributed by atoms with Gasteiger partial charge < -0.3 is 31.9 Å². The maximum atomic E-state index is 3.88. The van der Waals surface area contributed by atoms with Gasteiger partial charge in [0, 0.05) is 63.9 Å². The summed E-state index contributed by atoms with van der Waals surface area (Å²) < 4.78 is 0. The summed E-state index contributed by atoms with van der Waals surface area (Å²) in [5, 5.41) is 21.7. The molecule has 142 valence electrons. The highest BCUT2D eigenvalue weighted by Gasteiger charge is 2.24. The molecule has 6 nitrogen and oxygen atoms in total. The van der Waals surface area contributed by atoms with Crippen molar-refractivity contribution in [3.8, 4) is 0 Å². The van der Waals surface area contributed by atoms with Crippen LogP contribution in [0.4, 0.5) is 0 Å². The molecule has 1 heterocycles. The first-order valence-electron chi connectivity index (χ1n) is 10.2. The molecule has 0 aromatic heterocycles. The van der Waals surface area contributed by atoms with Gasteiger partial charge in [-0.15, -0.1) is 0 Å². The molecule has 24 heavy (non-hydrogen) atoms. The number of rotatable bonds is 4. The molecule has 2 fully saturated rings. The summed E-state index contributed by atoms with van der Waals surface area (Å²) in [5.41, 5.74) is 0. The SMILES string of the molecule is CNCCC[C@H]1CN[C@@H]2CCCC[C@H]2NCCNCCNCCN1. The van der Waals surface area contributed by atoms with Gasteiger partial charge in [-0.25, -0.2) is 0 Å². The largest absolute Gasteiger partial charge is 0.320 e. The highest BCUT2D eigenvalue weighted by Crippen LogP contribution is 2.18. The minimum atomic E-state index is 0.575. The van der Waals surface area contributed by atoms with Gasteiger partial charge in [0.05, 0.1) is 0 Å². The van der Waals surface area contributed by atoms with Gasteiger partial charge in [0.25, 0.3) is 0 Å². The zero-order valence-corrected chi connectivity index (χ0v) is 15.6. The van der Waals surface area contributed by atoms with Crippen LogP contribution in [-0.2, 0) is 0 Å². The summed E-state index contributed by atoms with van der Waals surface area (Å²) in [5.74, 6) is 0. The Morgan fingerprint density at radius 2 is 1.42 bits per heavy atom. The molecular formula is C18H40N6. The molecule has 0 aromatic carbocycles. The standard InChI is InChI=1S/C18H40N6/c1-19-8-4-5-16-15-24-18-7-3-2-6-17(18)23-14-12-21-10-9-20-11-13-22-16/h16-24H,2-15H2,1H3/t16-,17+,18+/m0/s1. The van der Waals surface area contributed by atoms with Gasteiger partial charge in [0.2, 0.25) is 0 Å². The van der Waals surface area contributed by atoms with Crippen molar-refractivity contribution in [2.24, 2.45) is 0 Å². The Morgan fingerprint density at radius 1 is 0.792 bits per heavy atom. The molecule has 0 bridgehead atoms. The van der Waals surface area contributed by atoms with Crippen LogP contribution >= 0.6 is 0 Å². The van der Waals surface area contributed by atoms with Crippen LogP contribution in [0.25, 0.3) is 0 Å². The van der Waals surface area contributed by atoms with Gasteiger partial charge in [-0.3, -0.25) is 0 Å². The van der Waals surface area contributed by atoms with Gasteiger partial charge in [-0.1, -0.05) is 12.8 Å². The topological polar surface area (TPSA) is 72.2 Å². The van der Waals surface area contributed by atoms with Crippen LogP contribution in [0.15, 0.2) is 0 Å².